The summed E-state index contributed by atoms with van der Waals surface area (Å²) in [5, 5.41) is 2.94. The molecule has 0 unspecified atom stereocenters. The van der Waals surface area contributed by atoms with Crippen molar-refractivity contribution in [1.82, 2.24) is 5.32 Å². The van der Waals surface area contributed by atoms with Crippen LogP contribution in [-0.2, 0) is 16.3 Å². The average Bonchev–Trinajstić information content (AvgIpc) is 2.69. The van der Waals surface area contributed by atoms with Crippen molar-refractivity contribution in [2.45, 2.75) is 37.5 Å². The van der Waals surface area contributed by atoms with Crippen molar-refractivity contribution < 1.29 is 12.8 Å². The molecule has 1 heterocycles. The molecule has 1 fully saturated rings. The second-order valence-corrected chi connectivity index (χ2v) is 7.64. The van der Waals surface area contributed by atoms with E-state index in [2.05, 4.69) is 5.32 Å². The molecule has 1 aromatic carbocycles. The van der Waals surface area contributed by atoms with E-state index in [4.69, 9.17) is 0 Å². The first-order valence-electron chi connectivity index (χ1n) is 6.67. The summed E-state index contributed by atoms with van der Waals surface area (Å²) in [5.74, 6) is 0.103. The molecule has 3 nitrogen and oxygen atoms in total. The van der Waals surface area contributed by atoms with E-state index in [1.54, 1.807) is 12.1 Å². The number of sulfone groups is 1. The van der Waals surface area contributed by atoms with Crippen molar-refractivity contribution in [2.75, 3.05) is 12.3 Å². The highest BCUT2D eigenvalue weighted by Gasteiger charge is 2.30. The van der Waals surface area contributed by atoms with Gasteiger partial charge in [-0.25, -0.2) is 12.8 Å². The topological polar surface area (TPSA) is 46.2 Å². The highest BCUT2D eigenvalue weighted by Crippen LogP contribution is 2.19. The van der Waals surface area contributed by atoms with Crippen LogP contribution >= 0.6 is 0 Å². The van der Waals surface area contributed by atoms with E-state index in [9.17, 15) is 12.8 Å². The smallest absolute Gasteiger partial charge is 0.154 e. The Morgan fingerprint density at radius 3 is 2.79 bits per heavy atom. The normalized spacial score (nSPS) is 23.4. The minimum Gasteiger partial charge on any atom is -0.313 e. The maximum atomic E-state index is 13.5. The number of rotatable bonds is 5. The minimum absolute atomic E-state index is 0.0627. The van der Waals surface area contributed by atoms with E-state index in [0.29, 0.717) is 24.3 Å². The number of nitrogens with one attached hydrogen (secondary N) is 1. The predicted octanol–water partition coefficient (Wildman–Crippen LogP) is 1.92. The van der Waals surface area contributed by atoms with Crippen molar-refractivity contribution in [3.8, 4) is 0 Å². The van der Waals surface area contributed by atoms with Crippen molar-refractivity contribution in [3.63, 3.8) is 0 Å². The third-order valence-corrected chi connectivity index (χ3v) is 5.92. The summed E-state index contributed by atoms with van der Waals surface area (Å²) < 4.78 is 36.9. The fourth-order valence-corrected chi connectivity index (χ4v) is 4.26. The van der Waals surface area contributed by atoms with Crippen molar-refractivity contribution in [2.24, 2.45) is 0 Å². The van der Waals surface area contributed by atoms with Gasteiger partial charge < -0.3 is 5.32 Å². The van der Waals surface area contributed by atoms with Crippen LogP contribution in [0.25, 0.3) is 0 Å². The summed E-state index contributed by atoms with van der Waals surface area (Å²) in [5.41, 5.74) is 0.664. The van der Waals surface area contributed by atoms with Crippen molar-refractivity contribution in [1.29, 1.82) is 0 Å². The molecule has 0 bridgehead atoms. The Hall–Kier alpha value is -0.940. The highest BCUT2D eigenvalue weighted by molar-refractivity contribution is 7.92. The number of hydrogen-bond donors (Lipinski definition) is 1. The Morgan fingerprint density at radius 1 is 1.42 bits per heavy atom. The second kappa shape index (κ2) is 6.01. The molecule has 5 heteroatoms. The Bertz CT molecular complexity index is 530. The van der Waals surface area contributed by atoms with E-state index in [1.807, 2.05) is 13.0 Å². The van der Waals surface area contributed by atoms with E-state index in [-0.39, 0.29) is 17.1 Å². The summed E-state index contributed by atoms with van der Waals surface area (Å²) in [7, 11) is -2.90. The molecule has 1 saturated heterocycles. The van der Waals surface area contributed by atoms with Crippen LogP contribution in [0.2, 0.25) is 0 Å². The molecule has 0 amide bonds. The van der Waals surface area contributed by atoms with Crippen molar-refractivity contribution >= 4 is 9.84 Å². The van der Waals surface area contributed by atoms with E-state index in [0.717, 1.165) is 12.8 Å². The SMILES string of the molecule is C[C@H](Cc1ccccc1F)NC[C@@H]1CCCS1(=O)=O. The Balaban J connectivity index is 1.85. The van der Waals surface area contributed by atoms with Gasteiger partial charge in [-0.2, -0.15) is 0 Å². The van der Waals surface area contributed by atoms with E-state index in [1.165, 1.54) is 6.07 Å². The molecule has 1 aromatic rings. The monoisotopic (exact) mass is 285 g/mol. The van der Waals surface area contributed by atoms with Crippen LogP contribution in [0.1, 0.15) is 25.3 Å². The molecule has 0 spiro atoms. The highest BCUT2D eigenvalue weighted by atomic mass is 32.2. The lowest BCUT2D eigenvalue weighted by molar-refractivity contribution is 0.510. The molecule has 1 N–H and O–H groups in total. The quantitative estimate of drug-likeness (QED) is 0.899. The van der Waals surface area contributed by atoms with Crippen LogP contribution in [0.4, 0.5) is 4.39 Å². The summed E-state index contributed by atoms with van der Waals surface area (Å²) in [4.78, 5) is 0. The van der Waals surface area contributed by atoms with Gasteiger partial charge in [0.25, 0.3) is 0 Å². The molecular weight excluding hydrogens is 265 g/mol. The first-order valence-corrected chi connectivity index (χ1v) is 8.39. The maximum absolute atomic E-state index is 13.5. The average molecular weight is 285 g/mol. The molecule has 1 aliphatic heterocycles. The van der Waals surface area contributed by atoms with E-state index >= 15 is 0 Å². The fraction of sp³-hybridized carbons (Fsp3) is 0.571. The first-order chi connectivity index (χ1) is 8.99. The zero-order chi connectivity index (χ0) is 13.9. The zero-order valence-corrected chi connectivity index (χ0v) is 11.9. The lowest BCUT2D eigenvalue weighted by Crippen LogP contribution is -2.37. The molecule has 0 radical (unpaired) electrons. The standard InChI is InChI=1S/C14H20FNO2S/c1-11(9-12-5-2-3-7-14(12)15)16-10-13-6-4-8-19(13,17)18/h2-3,5,7,11,13,16H,4,6,8-10H2,1H3/t11-,13+/m1/s1. The van der Waals surface area contributed by atoms with Gasteiger partial charge in [0.2, 0.25) is 0 Å². The third-order valence-electron chi connectivity index (χ3n) is 3.64. The predicted molar refractivity (Wildman–Crippen MR) is 74.4 cm³/mol. The molecule has 0 saturated carbocycles. The Kier molecular flexibility index (Phi) is 4.58. The second-order valence-electron chi connectivity index (χ2n) is 5.24. The largest absolute Gasteiger partial charge is 0.313 e. The minimum atomic E-state index is -2.90. The van der Waals surface area contributed by atoms with Crippen LogP contribution in [0.5, 0.6) is 0 Å². The van der Waals surface area contributed by atoms with Gasteiger partial charge in [-0.1, -0.05) is 18.2 Å². The van der Waals surface area contributed by atoms with Gasteiger partial charge in [-0.15, -0.1) is 0 Å². The van der Waals surface area contributed by atoms with Crippen LogP contribution in [0, 0.1) is 5.82 Å². The Labute approximate surface area is 114 Å². The molecule has 1 aliphatic rings. The van der Waals surface area contributed by atoms with Gasteiger partial charge >= 0.3 is 0 Å². The molecule has 106 valence electrons. The molecule has 2 atom stereocenters. The van der Waals surface area contributed by atoms with Crippen LogP contribution in [-0.4, -0.2) is 32.0 Å². The third kappa shape index (κ3) is 3.76. The molecule has 2 rings (SSSR count). The maximum Gasteiger partial charge on any atom is 0.154 e. The fourth-order valence-electron chi connectivity index (χ4n) is 2.49. The van der Waals surface area contributed by atoms with Gasteiger partial charge in [0.1, 0.15) is 5.82 Å². The van der Waals surface area contributed by atoms with E-state index < -0.39 is 9.84 Å². The van der Waals surface area contributed by atoms with Gasteiger partial charge in [0, 0.05) is 12.6 Å². The molecule has 0 aromatic heterocycles. The van der Waals surface area contributed by atoms with Gasteiger partial charge in [-0.05, 0) is 37.8 Å². The van der Waals surface area contributed by atoms with Gasteiger partial charge in [0.15, 0.2) is 9.84 Å². The number of benzene rings is 1. The first kappa shape index (κ1) is 14.5. The summed E-state index contributed by atoms with van der Waals surface area (Å²) in [6.07, 6.45) is 2.07. The summed E-state index contributed by atoms with van der Waals surface area (Å²) >= 11 is 0. The van der Waals surface area contributed by atoms with Gasteiger partial charge in [-0.3, -0.25) is 0 Å². The lowest BCUT2D eigenvalue weighted by atomic mass is 10.1. The summed E-state index contributed by atoms with van der Waals surface area (Å²) in [6, 6.07) is 6.76. The molecule has 0 aliphatic carbocycles. The van der Waals surface area contributed by atoms with Gasteiger partial charge in [0.05, 0.1) is 11.0 Å². The van der Waals surface area contributed by atoms with Crippen molar-refractivity contribution in [3.05, 3.63) is 35.6 Å². The summed E-state index contributed by atoms with van der Waals surface area (Å²) in [6.45, 7) is 2.42. The Morgan fingerprint density at radius 2 is 2.16 bits per heavy atom. The van der Waals surface area contributed by atoms with Crippen LogP contribution < -0.4 is 5.32 Å². The number of halogens is 1. The van der Waals surface area contributed by atoms with Crippen LogP contribution in [0.15, 0.2) is 24.3 Å². The zero-order valence-electron chi connectivity index (χ0n) is 11.1. The number of hydrogen-bond acceptors (Lipinski definition) is 3. The lowest BCUT2D eigenvalue weighted by Gasteiger charge is -2.17. The molecule has 19 heavy (non-hydrogen) atoms. The van der Waals surface area contributed by atoms with Crippen LogP contribution in [0.3, 0.4) is 0 Å². The molecular formula is C14H20FNO2S.